The average Bonchev–Trinajstić information content (AvgIpc) is 2.82. The van der Waals surface area contributed by atoms with Crippen molar-refractivity contribution in [1.82, 2.24) is 10.2 Å². The summed E-state index contributed by atoms with van der Waals surface area (Å²) in [5, 5.41) is 2.92. The van der Waals surface area contributed by atoms with E-state index in [0.717, 1.165) is 29.9 Å². The maximum absolute atomic E-state index is 12.4. The maximum Gasteiger partial charge on any atom is 0.251 e. The van der Waals surface area contributed by atoms with Crippen molar-refractivity contribution in [2.75, 3.05) is 33.9 Å². The monoisotopic (exact) mass is 426 g/mol. The molecule has 0 radical (unpaired) electrons. The number of methoxy groups -OCH3 is 2. The summed E-state index contributed by atoms with van der Waals surface area (Å²) < 4.78 is 16.2. The zero-order valence-electron chi connectivity index (χ0n) is 18.1. The number of benzene rings is 2. The van der Waals surface area contributed by atoms with Crippen molar-refractivity contribution in [2.24, 2.45) is 0 Å². The number of piperidine rings is 1. The van der Waals surface area contributed by atoms with Crippen molar-refractivity contribution in [3.05, 3.63) is 59.7 Å². The van der Waals surface area contributed by atoms with Crippen LogP contribution in [0.2, 0.25) is 0 Å². The Balaban J connectivity index is 1.44. The van der Waals surface area contributed by atoms with E-state index in [0.29, 0.717) is 38.2 Å². The summed E-state index contributed by atoms with van der Waals surface area (Å²) in [6.07, 6.45) is 2.08. The Morgan fingerprint density at radius 2 is 1.77 bits per heavy atom. The predicted molar refractivity (Wildman–Crippen MR) is 117 cm³/mol. The minimum absolute atomic E-state index is 0.0687. The first-order valence-corrected chi connectivity index (χ1v) is 10.5. The molecule has 166 valence electrons. The number of likely N-dealkylation sites (tertiary alicyclic amines) is 1. The van der Waals surface area contributed by atoms with Crippen LogP contribution >= 0.6 is 0 Å². The summed E-state index contributed by atoms with van der Waals surface area (Å²) in [6, 6.07) is 14.8. The molecule has 0 saturated carbocycles. The van der Waals surface area contributed by atoms with Gasteiger partial charge in [0.15, 0.2) is 0 Å². The van der Waals surface area contributed by atoms with Crippen LogP contribution in [0.3, 0.4) is 0 Å². The first-order valence-electron chi connectivity index (χ1n) is 10.5. The lowest BCUT2D eigenvalue weighted by Crippen LogP contribution is -2.42. The van der Waals surface area contributed by atoms with Crippen LogP contribution in [0.15, 0.2) is 48.5 Å². The molecule has 0 unspecified atom stereocenters. The Morgan fingerprint density at radius 1 is 1.03 bits per heavy atom. The second kappa shape index (κ2) is 11.4. The predicted octanol–water partition coefficient (Wildman–Crippen LogP) is 3.03. The Kier molecular flexibility index (Phi) is 8.29. The molecule has 0 bridgehead atoms. The molecule has 3 rings (SSSR count). The first-order chi connectivity index (χ1) is 15.1. The molecule has 2 amide bonds. The molecule has 0 aromatic heterocycles. The third-order valence-electron chi connectivity index (χ3n) is 5.32. The van der Waals surface area contributed by atoms with Gasteiger partial charge in [-0.05, 0) is 42.0 Å². The molecule has 1 saturated heterocycles. The van der Waals surface area contributed by atoms with E-state index >= 15 is 0 Å². The van der Waals surface area contributed by atoms with Crippen LogP contribution in [0, 0.1) is 0 Å². The Bertz CT molecular complexity index is 861. The molecule has 0 spiro atoms. The zero-order chi connectivity index (χ0) is 22.1. The van der Waals surface area contributed by atoms with Gasteiger partial charge in [0.05, 0.1) is 20.1 Å². The number of nitrogens with one attached hydrogen (secondary N) is 1. The number of carbonyl (C=O) groups excluding carboxylic acids is 2. The van der Waals surface area contributed by atoms with E-state index in [2.05, 4.69) is 5.32 Å². The molecule has 2 aromatic rings. The molecule has 0 atom stereocenters. The van der Waals surface area contributed by atoms with Crippen molar-refractivity contribution in [2.45, 2.75) is 31.9 Å². The Labute approximate surface area is 183 Å². The van der Waals surface area contributed by atoms with Gasteiger partial charge in [-0.25, -0.2) is 0 Å². The standard InChI is InChI=1S/C24H30N2O5/c1-29-15-12-23(27)26-13-10-21(11-14-26)31-20-8-6-19(7-9-20)24(28)25-17-18-4-3-5-22(16-18)30-2/h3-9,16,21H,10-15,17H2,1-2H3,(H,25,28). The van der Waals surface area contributed by atoms with Crippen LogP contribution in [-0.4, -0.2) is 56.7 Å². The Morgan fingerprint density at radius 3 is 2.45 bits per heavy atom. The fraction of sp³-hybridized carbons (Fsp3) is 0.417. The topological polar surface area (TPSA) is 77.1 Å². The number of carbonyl (C=O) groups is 2. The summed E-state index contributed by atoms with van der Waals surface area (Å²) in [7, 11) is 3.22. The second-order valence-electron chi connectivity index (χ2n) is 7.50. The molecule has 7 heteroatoms. The molecule has 7 nitrogen and oxygen atoms in total. The third-order valence-corrected chi connectivity index (χ3v) is 5.32. The smallest absolute Gasteiger partial charge is 0.251 e. The number of rotatable bonds is 9. The second-order valence-corrected chi connectivity index (χ2v) is 7.50. The van der Waals surface area contributed by atoms with Crippen LogP contribution in [0.5, 0.6) is 11.5 Å². The minimum atomic E-state index is -0.141. The van der Waals surface area contributed by atoms with E-state index < -0.39 is 0 Å². The fourth-order valence-electron chi connectivity index (χ4n) is 3.51. The largest absolute Gasteiger partial charge is 0.497 e. The maximum atomic E-state index is 12.4. The molecular formula is C24H30N2O5. The number of nitrogens with zero attached hydrogens (tertiary/aromatic N) is 1. The zero-order valence-corrected chi connectivity index (χ0v) is 18.1. The van der Waals surface area contributed by atoms with Crippen molar-refractivity contribution in [1.29, 1.82) is 0 Å². The summed E-state index contributed by atoms with van der Waals surface area (Å²) in [6.45, 7) is 2.26. The van der Waals surface area contributed by atoms with E-state index in [1.165, 1.54) is 0 Å². The van der Waals surface area contributed by atoms with Crippen LogP contribution in [0.1, 0.15) is 35.2 Å². The summed E-state index contributed by atoms with van der Waals surface area (Å²) >= 11 is 0. The van der Waals surface area contributed by atoms with Crippen LogP contribution in [0.4, 0.5) is 0 Å². The van der Waals surface area contributed by atoms with Gasteiger partial charge in [0, 0.05) is 45.1 Å². The number of hydrogen-bond acceptors (Lipinski definition) is 5. The van der Waals surface area contributed by atoms with E-state index in [-0.39, 0.29) is 17.9 Å². The minimum Gasteiger partial charge on any atom is -0.497 e. The van der Waals surface area contributed by atoms with Gasteiger partial charge in [-0.15, -0.1) is 0 Å². The number of hydrogen-bond donors (Lipinski definition) is 1. The van der Waals surface area contributed by atoms with Crippen LogP contribution in [-0.2, 0) is 16.1 Å². The molecule has 1 fully saturated rings. The van der Waals surface area contributed by atoms with Gasteiger partial charge in [-0.2, -0.15) is 0 Å². The van der Waals surface area contributed by atoms with Gasteiger partial charge >= 0.3 is 0 Å². The van der Waals surface area contributed by atoms with Crippen molar-refractivity contribution < 1.29 is 23.8 Å². The molecule has 0 aliphatic carbocycles. The first kappa shape index (κ1) is 22.6. The van der Waals surface area contributed by atoms with Gasteiger partial charge in [0.1, 0.15) is 17.6 Å². The normalized spacial score (nSPS) is 14.2. The van der Waals surface area contributed by atoms with E-state index in [9.17, 15) is 9.59 Å². The molecule has 1 heterocycles. The van der Waals surface area contributed by atoms with Gasteiger partial charge < -0.3 is 24.4 Å². The summed E-state index contributed by atoms with van der Waals surface area (Å²) in [5.74, 6) is 1.48. The lowest BCUT2D eigenvalue weighted by atomic mass is 10.1. The molecule has 31 heavy (non-hydrogen) atoms. The molecule has 1 N–H and O–H groups in total. The van der Waals surface area contributed by atoms with Crippen LogP contribution < -0.4 is 14.8 Å². The lowest BCUT2D eigenvalue weighted by Gasteiger charge is -2.32. The van der Waals surface area contributed by atoms with Gasteiger partial charge in [0.25, 0.3) is 5.91 Å². The van der Waals surface area contributed by atoms with E-state index in [4.69, 9.17) is 14.2 Å². The SMILES string of the molecule is COCCC(=O)N1CCC(Oc2ccc(C(=O)NCc3cccc(OC)c3)cc2)CC1. The third kappa shape index (κ3) is 6.72. The fourth-order valence-corrected chi connectivity index (χ4v) is 3.51. The van der Waals surface area contributed by atoms with E-state index in [1.54, 1.807) is 26.4 Å². The van der Waals surface area contributed by atoms with Crippen molar-refractivity contribution in [3.63, 3.8) is 0 Å². The van der Waals surface area contributed by atoms with Crippen LogP contribution in [0.25, 0.3) is 0 Å². The van der Waals surface area contributed by atoms with Crippen molar-refractivity contribution >= 4 is 11.8 Å². The van der Waals surface area contributed by atoms with Gasteiger partial charge in [0.2, 0.25) is 5.91 Å². The lowest BCUT2D eigenvalue weighted by molar-refractivity contribution is -0.133. The van der Waals surface area contributed by atoms with Gasteiger partial charge in [-0.3, -0.25) is 9.59 Å². The number of amides is 2. The molecule has 2 aromatic carbocycles. The Hall–Kier alpha value is -3.06. The summed E-state index contributed by atoms with van der Waals surface area (Å²) in [4.78, 5) is 26.3. The average molecular weight is 427 g/mol. The highest BCUT2D eigenvalue weighted by molar-refractivity contribution is 5.94. The molecule has 1 aliphatic rings. The quantitative estimate of drug-likeness (QED) is 0.667. The highest BCUT2D eigenvalue weighted by atomic mass is 16.5. The number of ether oxygens (including phenoxy) is 3. The molecule has 1 aliphatic heterocycles. The highest BCUT2D eigenvalue weighted by Gasteiger charge is 2.23. The molecular weight excluding hydrogens is 396 g/mol. The van der Waals surface area contributed by atoms with E-state index in [1.807, 2.05) is 41.3 Å². The van der Waals surface area contributed by atoms with Gasteiger partial charge in [-0.1, -0.05) is 12.1 Å². The summed E-state index contributed by atoms with van der Waals surface area (Å²) in [5.41, 5.74) is 1.55. The highest BCUT2D eigenvalue weighted by Crippen LogP contribution is 2.20. The van der Waals surface area contributed by atoms with Crippen molar-refractivity contribution in [3.8, 4) is 11.5 Å².